The third-order valence-corrected chi connectivity index (χ3v) is 3.23. The van der Waals surface area contributed by atoms with Crippen LogP contribution in [-0.2, 0) is 6.54 Å². The largest absolute Gasteiger partial charge is 0.320 e. The van der Waals surface area contributed by atoms with Gasteiger partial charge in [-0.15, -0.1) is 0 Å². The SMILES string of the molecule is CCNCc1cccn1-c1ccc(C)c(Cl)c1. The first-order chi connectivity index (χ1) is 8.22. The smallest absolute Gasteiger partial charge is 0.0467 e. The molecule has 0 fully saturated rings. The van der Waals surface area contributed by atoms with Crippen molar-refractivity contribution in [3.05, 3.63) is 52.8 Å². The summed E-state index contributed by atoms with van der Waals surface area (Å²) in [4.78, 5) is 0. The van der Waals surface area contributed by atoms with Gasteiger partial charge in [-0.05, 0) is 43.3 Å². The standard InChI is InChI=1S/C14H17ClN2/c1-3-16-10-13-5-4-8-17(13)12-7-6-11(2)14(15)9-12/h4-9,16H,3,10H2,1-2H3. The summed E-state index contributed by atoms with van der Waals surface area (Å²) in [6.45, 7) is 5.96. The molecule has 1 heterocycles. The summed E-state index contributed by atoms with van der Waals surface area (Å²) in [7, 11) is 0. The number of hydrogen-bond acceptors (Lipinski definition) is 1. The summed E-state index contributed by atoms with van der Waals surface area (Å²) >= 11 is 6.16. The van der Waals surface area contributed by atoms with E-state index < -0.39 is 0 Å². The van der Waals surface area contributed by atoms with E-state index in [0.29, 0.717) is 0 Å². The van der Waals surface area contributed by atoms with Gasteiger partial charge in [0.25, 0.3) is 0 Å². The number of hydrogen-bond donors (Lipinski definition) is 1. The second-order valence-electron chi connectivity index (χ2n) is 4.08. The van der Waals surface area contributed by atoms with E-state index in [1.54, 1.807) is 0 Å². The molecule has 0 aliphatic heterocycles. The van der Waals surface area contributed by atoms with Crippen molar-refractivity contribution >= 4 is 11.6 Å². The van der Waals surface area contributed by atoms with Crippen LogP contribution in [0.3, 0.4) is 0 Å². The Labute approximate surface area is 107 Å². The van der Waals surface area contributed by atoms with Gasteiger partial charge in [0.05, 0.1) is 0 Å². The van der Waals surface area contributed by atoms with Gasteiger partial charge >= 0.3 is 0 Å². The summed E-state index contributed by atoms with van der Waals surface area (Å²) in [5.41, 5.74) is 3.46. The van der Waals surface area contributed by atoms with E-state index in [4.69, 9.17) is 11.6 Å². The van der Waals surface area contributed by atoms with E-state index in [2.05, 4.69) is 47.3 Å². The van der Waals surface area contributed by atoms with Gasteiger partial charge in [-0.3, -0.25) is 0 Å². The Bertz CT molecular complexity index is 503. The molecule has 0 saturated heterocycles. The zero-order valence-corrected chi connectivity index (χ0v) is 11.0. The van der Waals surface area contributed by atoms with Crippen molar-refractivity contribution in [2.45, 2.75) is 20.4 Å². The monoisotopic (exact) mass is 248 g/mol. The summed E-state index contributed by atoms with van der Waals surface area (Å²) in [5.74, 6) is 0. The van der Waals surface area contributed by atoms with Gasteiger partial charge in [0.1, 0.15) is 0 Å². The highest BCUT2D eigenvalue weighted by Crippen LogP contribution is 2.20. The molecule has 2 nitrogen and oxygen atoms in total. The number of aryl methyl sites for hydroxylation is 1. The predicted octanol–water partition coefficient (Wildman–Crippen LogP) is 3.55. The normalized spacial score (nSPS) is 10.8. The van der Waals surface area contributed by atoms with Crippen LogP contribution in [0.15, 0.2) is 36.5 Å². The van der Waals surface area contributed by atoms with Crippen molar-refractivity contribution < 1.29 is 0 Å². The molecule has 2 rings (SSSR count). The van der Waals surface area contributed by atoms with Crippen LogP contribution in [0.4, 0.5) is 0 Å². The molecule has 1 aromatic carbocycles. The third kappa shape index (κ3) is 2.71. The van der Waals surface area contributed by atoms with Crippen LogP contribution in [0.2, 0.25) is 5.02 Å². The lowest BCUT2D eigenvalue weighted by Crippen LogP contribution is -2.14. The molecule has 0 atom stereocenters. The minimum atomic E-state index is 0.811. The van der Waals surface area contributed by atoms with Crippen LogP contribution in [-0.4, -0.2) is 11.1 Å². The molecule has 0 radical (unpaired) electrons. The van der Waals surface area contributed by atoms with Crippen LogP contribution in [0.5, 0.6) is 0 Å². The fourth-order valence-corrected chi connectivity index (χ4v) is 1.97. The van der Waals surface area contributed by atoms with E-state index >= 15 is 0 Å². The molecule has 17 heavy (non-hydrogen) atoms. The van der Waals surface area contributed by atoms with Crippen molar-refractivity contribution in [2.75, 3.05) is 6.54 Å². The number of aromatic nitrogens is 1. The summed E-state index contributed by atoms with van der Waals surface area (Å²) in [6.07, 6.45) is 2.06. The lowest BCUT2D eigenvalue weighted by atomic mass is 10.2. The van der Waals surface area contributed by atoms with E-state index in [0.717, 1.165) is 29.4 Å². The highest BCUT2D eigenvalue weighted by molar-refractivity contribution is 6.31. The Morgan fingerprint density at radius 2 is 2.12 bits per heavy atom. The lowest BCUT2D eigenvalue weighted by Gasteiger charge is -2.10. The Morgan fingerprint density at radius 1 is 1.29 bits per heavy atom. The molecule has 1 aromatic heterocycles. The van der Waals surface area contributed by atoms with Crippen molar-refractivity contribution in [3.63, 3.8) is 0 Å². The molecular formula is C14H17ClN2. The Balaban J connectivity index is 2.32. The molecule has 0 saturated carbocycles. The van der Waals surface area contributed by atoms with Crippen LogP contribution in [0, 0.1) is 6.92 Å². The molecular weight excluding hydrogens is 232 g/mol. The van der Waals surface area contributed by atoms with E-state index in [1.807, 2.05) is 13.0 Å². The number of nitrogens with zero attached hydrogens (tertiary/aromatic N) is 1. The number of benzene rings is 1. The maximum atomic E-state index is 6.16. The van der Waals surface area contributed by atoms with E-state index in [9.17, 15) is 0 Å². The summed E-state index contributed by atoms with van der Waals surface area (Å²) in [5, 5.41) is 4.14. The zero-order chi connectivity index (χ0) is 12.3. The molecule has 90 valence electrons. The second kappa shape index (κ2) is 5.39. The third-order valence-electron chi connectivity index (χ3n) is 2.82. The van der Waals surface area contributed by atoms with E-state index in [-0.39, 0.29) is 0 Å². The van der Waals surface area contributed by atoms with E-state index in [1.165, 1.54) is 5.69 Å². The Hall–Kier alpha value is -1.25. The van der Waals surface area contributed by atoms with Gasteiger partial charge in [-0.1, -0.05) is 24.6 Å². The molecule has 0 aliphatic carbocycles. The van der Waals surface area contributed by atoms with Crippen molar-refractivity contribution in [2.24, 2.45) is 0 Å². The molecule has 0 aliphatic rings. The van der Waals surface area contributed by atoms with Crippen LogP contribution in [0.25, 0.3) is 5.69 Å². The minimum Gasteiger partial charge on any atom is -0.320 e. The zero-order valence-electron chi connectivity index (χ0n) is 10.2. The Morgan fingerprint density at radius 3 is 2.82 bits per heavy atom. The minimum absolute atomic E-state index is 0.811. The first-order valence-corrected chi connectivity index (χ1v) is 6.23. The van der Waals surface area contributed by atoms with Gasteiger partial charge in [-0.2, -0.15) is 0 Å². The van der Waals surface area contributed by atoms with Crippen molar-refractivity contribution in [3.8, 4) is 5.69 Å². The topological polar surface area (TPSA) is 17.0 Å². The first-order valence-electron chi connectivity index (χ1n) is 5.86. The van der Waals surface area contributed by atoms with Crippen molar-refractivity contribution in [1.29, 1.82) is 0 Å². The number of halogens is 1. The quantitative estimate of drug-likeness (QED) is 0.876. The van der Waals surface area contributed by atoms with Gasteiger partial charge in [0, 0.05) is 29.1 Å². The highest BCUT2D eigenvalue weighted by atomic mass is 35.5. The average Bonchev–Trinajstić information content (AvgIpc) is 2.78. The van der Waals surface area contributed by atoms with Gasteiger partial charge in [-0.25, -0.2) is 0 Å². The molecule has 3 heteroatoms. The fraction of sp³-hybridized carbons (Fsp3) is 0.286. The summed E-state index contributed by atoms with van der Waals surface area (Å²) in [6, 6.07) is 10.3. The average molecular weight is 249 g/mol. The molecule has 0 unspecified atom stereocenters. The first kappa shape index (κ1) is 12.2. The second-order valence-corrected chi connectivity index (χ2v) is 4.49. The molecule has 0 bridgehead atoms. The molecule has 0 spiro atoms. The molecule has 1 N–H and O–H groups in total. The number of rotatable bonds is 4. The van der Waals surface area contributed by atoms with Gasteiger partial charge < -0.3 is 9.88 Å². The molecule has 0 amide bonds. The lowest BCUT2D eigenvalue weighted by molar-refractivity contribution is 0.698. The molecule has 2 aromatic rings. The maximum absolute atomic E-state index is 6.16. The van der Waals surface area contributed by atoms with Crippen molar-refractivity contribution in [1.82, 2.24) is 9.88 Å². The summed E-state index contributed by atoms with van der Waals surface area (Å²) < 4.78 is 2.16. The predicted molar refractivity (Wildman–Crippen MR) is 72.9 cm³/mol. The maximum Gasteiger partial charge on any atom is 0.0467 e. The fourth-order valence-electron chi connectivity index (χ4n) is 1.80. The van der Waals surface area contributed by atoms with Gasteiger partial charge in [0.2, 0.25) is 0 Å². The van der Waals surface area contributed by atoms with Gasteiger partial charge in [0.15, 0.2) is 0 Å². The Kier molecular flexibility index (Phi) is 3.87. The number of nitrogens with one attached hydrogen (secondary N) is 1. The highest BCUT2D eigenvalue weighted by Gasteiger charge is 2.04. The van der Waals surface area contributed by atoms with Crippen LogP contribution in [0.1, 0.15) is 18.2 Å². The van der Waals surface area contributed by atoms with Crippen LogP contribution < -0.4 is 5.32 Å². The van der Waals surface area contributed by atoms with Crippen LogP contribution >= 0.6 is 11.6 Å².